The largest absolute Gasteiger partial charge is 0.347 e. The van der Waals surface area contributed by atoms with Crippen LogP contribution < -0.4 is 5.32 Å². The molecule has 0 saturated heterocycles. The summed E-state index contributed by atoms with van der Waals surface area (Å²) in [6.07, 6.45) is 4.58. The van der Waals surface area contributed by atoms with E-state index >= 15 is 0 Å². The number of carbonyl (C=O) groups is 2. The summed E-state index contributed by atoms with van der Waals surface area (Å²) in [4.78, 5) is 25.8. The summed E-state index contributed by atoms with van der Waals surface area (Å²) in [6, 6.07) is 16.2. The minimum atomic E-state index is -0.312. The number of hydrogen-bond donors (Lipinski definition) is 1. The Labute approximate surface area is 171 Å². The fraction of sp³-hybridized carbons (Fsp3) is 0.167. The van der Waals surface area contributed by atoms with Crippen molar-refractivity contribution in [1.82, 2.24) is 9.88 Å². The van der Waals surface area contributed by atoms with Gasteiger partial charge < -0.3 is 4.57 Å². The quantitative estimate of drug-likeness (QED) is 0.501. The van der Waals surface area contributed by atoms with Crippen molar-refractivity contribution < 1.29 is 9.59 Å². The number of aromatic nitrogens is 1. The van der Waals surface area contributed by atoms with Crippen molar-refractivity contribution in [3.05, 3.63) is 71.2 Å². The van der Waals surface area contributed by atoms with Gasteiger partial charge in [0.1, 0.15) is 0 Å². The van der Waals surface area contributed by atoms with E-state index in [-0.39, 0.29) is 11.8 Å². The second-order valence-electron chi connectivity index (χ2n) is 7.83. The molecule has 0 radical (unpaired) electrons. The molecule has 1 saturated carbocycles. The molecule has 0 bridgehead atoms. The number of amides is 2. The van der Waals surface area contributed by atoms with Gasteiger partial charge in [0.05, 0.1) is 11.1 Å². The average Bonchev–Trinajstić information content (AvgIpc) is 3.23. The summed E-state index contributed by atoms with van der Waals surface area (Å²) in [7, 11) is 0. The Morgan fingerprint density at radius 3 is 2.38 bits per heavy atom. The molecule has 5 heteroatoms. The summed E-state index contributed by atoms with van der Waals surface area (Å²) in [5, 5.41) is 6.56. The van der Waals surface area contributed by atoms with E-state index in [1.54, 1.807) is 11.3 Å². The van der Waals surface area contributed by atoms with E-state index in [9.17, 15) is 9.59 Å². The van der Waals surface area contributed by atoms with Crippen molar-refractivity contribution in [1.29, 1.82) is 0 Å². The Balaban J connectivity index is 1.63. The highest BCUT2D eigenvalue weighted by Crippen LogP contribution is 2.41. The second-order valence-corrected chi connectivity index (χ2v) is 8.75. The van der Waals surface area contributed by atoms with E-state index in [1.807, 2.05) is 47.8 Å². The van der Waals surface area contributed by atoms with Crippen LogP contribution in [0.15, 0.2) is 60.1 Å². The molecule has 1 N–H and O–H groups in total. The van der Waals surface area contributed by atoms with Gasteiger partial charge in [0, 0.05) is 50.2 Å². The third-order valence-corrected chi connectivity index (χ3v) is 6.85. The monoisotopic (exact) mass is 398 g/mol. The lowest BCUT2D eigenvalue weighted by Crippen LogP contribution is -2.22. The number of fused-ring (bicyclic) bond motifs is 2. The Morgan fingerprint density at radius 1 is 0.897 bits per heavy atom. The number of para-hydroxylation sites is 1. The number of carbonyl (C=O) groups excluding carboxylic acids is 2. The highest BCUT2D eigenvalue weighted by molar-refractivity contribution is 7.17. The van der Waals surface area contributed by atoms with Crippen LogP contribution in [-0.4, -0.2) is 16.4 Å². The van der Waals surface area contributed by atoms with Crippen molar-refractivity contribution >= 4 is 55.3 Å². The first-order valence-corrected chi connectivity index (χ1v) is 10.7. The molecular formula is C24H18N2O2S. The standard InChI is InChI=1S/C24H18N2O2S/c27-23-21(17-12-26(11-14-9-10-14)19-7-3-1-5-15(17)19)22(24(28)25-23)18-13-29-20-8-4-2-6-16(18)20/h1-8,12-14H,9-11H2,(H,25,27,28). The molecule has 2 aromatic heterocycles. The molecule has 2 amide bonds. The van der Waals surface area contributed by atoms with E-state index in [0.29, 0.717) is 17.1 Å². The minimum Gasteiger partial charge on any atom is -0.347 e. The smallest absolute Gasteiger partial charge is 0.259 e. The SMILES string of the molecule is O=C1NC(=O)C(c2cn(CC3CC3)c3ccccc23)=C1c1csc2ccccc12. The van der Waals surface area contributed by atoms with E-state index < -0.39 is 0 Å². The zero-order valence-electron chi connectivity index (χ0n) is 15.6. The maximum absolute atomic E-state index is 12.9. The first-order valence-electron chi connectivity index (χ1n) is 9.85. The molecule has 4 aromatic rings. The molecule has 1 fully saturated rings. The molecular weight excluding hydrogens is 380 g/mol. The number of thiophene rings is 1. The predicted octanol–water partition coefficient (Wildman–Crippen LogP) is 4.83. The highest BCUT2D eigenvalue weighted by atomic mass is 32.1. The van der Waals surface area contributed by atoms with Gasteiger partial charge >= 0.3 is 0 Å². The Kier molecular flexibility index (Phi) is 3.56. The summed E-state index contributed by atoms with van der Waals surface area (Å²) >= 11 is 1.60. The molecule has 2 aliphatic rings. The maximum Gasteiger partial charge on any atom is 0.259 e. The first kappa shape index (κ1) is 16.7. The molecule has 1 aliphatic heterocycles. The summed E-state index contributed by atoms with van der Waals surface area (Å²) in [6.45, 7) is 0.958. The molecule has 142 valence electrons. The Bertz CT molecular complexity index is 1350. The molecule has 2 aromatic carbocycles. The van der Waals surface area contributed by atoms with Crippen LogP contribution in [0.2, 0.25) is 0 Å². The molecule has 0 unspecified atom stereocenters. The predicted molar refractivity (Wildman–Crippen MR) is 116 cm³/mol. The van der Waals surface area contributed by atoms with Gasteiger partial charge in [0.2, 0.25) is 0 Å². The van der Waals surface area contributed by atoms with Crippen LogP contribution >= 0.6 is 11.3 Å². The van der Waals surface area contributed by atoms with Crippen molar-refractivity contribution in [3.63, 3.8) is 0 Å². The van der Waals surface area contributed by atoms with Gasteiger partial charge in [0.25, 0.3) is 11.8 Å². The summed E-state index contributed by atoms with van der Waals surface area (Å²) in [5.41, 5.74) is 3.77. The lowest BCUT2D eigenvalue weighted by Gasteiger charge is -2.03. The first-order chi connectivity index (χ1) is 14.2. The molecule has 29 heavy (non-hydrogen) atoms. The van der Waals surface area contributed by atoms with Gasteiger partial charge in [-0.25, -0.2) is 0 Å². The zero-order valence-corrected chi connectivity index (χ0v) is 16.5. The third kappa shape index (κ3) is 2.58. The number of rotatable bonds is 4. The number of imide groups is 1. The molecule has 0 spiro atoms. The van der Waals surface area contributed by atoms with Crippen molar-refractivity contribution in [3.8, 4) is 0 Å². The number of benzene rings is 2. The van der Waals surface area contributed by atoms with Crippen molar-refractivity contribution in [2.45, 2.75) is 19.4 Å². The van der Waals surface area contributed by atoms with Crippen LogP contribution in [0, 0.1) is 5.92 Å². The van der Waals surface area contributed by atoms with Gasteiger partial charge in [-0.1, -0.05) is 36.4 Å². The van der Waals surface area contributed by atoms with E-state index in [4.69, 9.17) is 0 Å². The number of nitrogens with zero attached hydrogens (tertiary/aromatic N) is 1. The van der Waals surface area contributed by atoms with Gasteiger partial charge in [-0.2, -0.15) is 0 Å². The molecule has 1 aliphatic carbocycles. The minimum absolute atomic E-state index is 0.311. The normalized spacial score (nSPS) is 17.0. The molecule has 4 nitrogen and oxygen atoms in total. The molecule has 3 heterocycles. The third-order valence-electron chi connectivity index (χ3n) is 5.89. The Hall–Kier alpha value is -3.18. The van der Waals surface area contributed by atoms with Gasteiger partial charge in [-0.15, -0.1) is 11.3 Å². The van der Waals surface area contributed by atoms with Crippen LogP contribution in [0.5, 0.6) is 0 Å². The second kappa shape index (κ2) is 6.16. The van der Waals surface area contributed by atoms with Crippen LogP contribution in [0.25, 0.3) is 32.1 Å². The maximum atomic E-state index is 12.9. The van der Waals surface area contributed by atoms with Crippen LogP contribution in [0.1, 0.15) is 24.0 Å². The van der Waals surface area contributed by atoms with Gasteiger partial charge in [-0.05, 0) is 30.9 Å². The van der Waals surface area contributed by atoms with E-state index in [0.717, 1.165) is 38.7 Å². The fourth-order valence-electron chi connectivity index (χ4n) is 4.32. The van der Waals surface area contributed by atoms with Crippen LogP contribution in [0.4, 0.5) is 0 Å². The lowest BCUT2D eigenvalue weighted by atomic mass is 9.95. The van der Waals surface area contributed by atoms with Gasteiger partial charge in [0.15, 0.2) is 0 Å². The lowest BCUT2D eigenvalue weighted by molar-refractivity contribution is -0.122. The molecule has 6 rings (SSSR count). The number of hydrogen-bond acceptors (Lipinski definition) is 3. The molecule has 0 atom stereocenters. The van der Waals surface area contributed by atoms with Crippen LogP contribution in [-0.2, 0) is 16.1 Å². The fourth-order valence-corrected chi connectivity index (χ4v) is 5.27. The highest BCUT2D eigenvalue weighted by Gasteiger charge is 2.35. The zero-order chi connectivity index (χ0) is 19.5. The summed E-state index contributed by atoms with van der Waals surface area (Å²) < 4.78 is 3.35. The summed E-state index contributed by atoms with van der Waals surface area (Å²) in [5.74, 6) is 0.0918. The van der Waals surface area contributed by atoms with Gasteiger partial charge in [-0.3, -0.25) is 14.9 Å². The van der Waals surface area contributed by atoms with Crippen molar-refractivity contribution in [2.24, 2.45) is 5.92 Å². The number of nitrogens with one attached hydrogen (secondary N) is 1. The average molecular weight is 398 g/mol. The van der Waals surface area contributed by atoms with Crippen LogP contribution in [0.3, 0.4) is 0 Å². The topological polar surface area (TPSA) is 51.1 Å². The Morgan fingerprint density at radius 2 is 1.59 bits per heavy atom. The van der Waals surface area contributed by atoms with E-state index in [2.05, 4.69) is 22.1 Å². The van der Waals surface area contributed by atoms with Crippen molar-refractivity contribution in [2.75, 3.05) is 0 Å². The van der Waals surface area contributed by atoms with E-state index in [1.165, 1.54) is 12.8 Å².